The summed E-state index contributed by atoms with van der Waals surface area (Å²) in [5.41, 5.74) is 2.12. The maximum absolute atomic E-state index is 12.4. The second-order valence-electron chi connectivity index (χ2n) is 6.32. The van der Waals surface area contributed by atoms with Crippen molar-refractivity contribution in [3.05, 3.63) is 48.7 Å². The van der Waals surface area contributed by atoms with Crippen molar-refractivity contribution in [1.29, 1.82) is 0 Å². The van der Waals surface area contributed by atoms with Crippen molar-refractivity contribution in [2.45, 2.75) is 6.36 Å². The largest absolute Gasteiger partial charge is 0.573 e. The van der Waals surface area contributed by atoms with E-state index in [2.05, 4.69) is 26.5 Å². The number of hydrogen-bond acceptors (Lipinski definition) is 5. The van der Waals surface area contributed by atoms with Gasteiger partial charge in [0.25, 0.3) is 0 Å². The normalized spacial score (nSPS) is 15.0. The van der Waals surface area contributed by atoms with E-state index >= 15 is 0 Å². The van der Waals surface area contributed by atoms with E-state index in [-0.39, 0.29) is 5.75 Å². The molecule has 1 aliphatic rings. The first-order chi connectivity index (χ1) is 13.5. The third kappa shape index (κ3) is 3.53. The Labute approximate surface area is 159 Å². The van der Waals surface area contributed by atoms with Gasteiger partial charge in [0.15, 0.2) is 11.5 Å². The Morgan fingerprint density at radius 2 is 1.82 bits per heavy atom. The third-order valence-corrected chi connectivity index (χ3v) is 4.53. The first kappa shape index (κ1) is 18.3. The summed E-state index contributed by atoms with van der Waals surface area (Å²) in [6.45, 7) is 7.18. The lowest BCUT2D eigenvalue weighted by Gasteiger charge is -2.27. The Morgan fingerprint density at radius 1 is 1.11 bits per heavy atom. The van der Waals surface area contributed by atoms with Gasteiger partial charge in [-0.25, -0.2) is 9.67 Å². The number of pyridine rings is 1. The third-order valence-electron chi connectivity index (χ3n) is 4.53. The summed E-state index contributed by atoms with van der Waals surface area (Å²) in [6, 6.07) is 7.44. The number of nitrogens with one attached hydrogen (secondary N) is 1. The van der Waals surface area contributed by atoms with Gasteiger partial charge in [0.2, 0.25) is 0 Å². The minimum Gasteiger partial charge on any atom is -0.406 e. The quantitative estimate of drug-likeness (QED) is 0.742. The summed E-state index contributed by atoms with van der Waals surface area (Å²) in [5.74, 6) is 0.505. The zero-order valence-corrected chi connectivity index (χ0v) is 14.9. The van der Waals surface area contributed by atoms with E-state index < -0.39 is 6.36 Å². The number of fused-ring (bicyclic) bond motifs is 1. The molecule has 9 heteroatoms. The fourth-order valence-corrected chi connectivity index (χ4v) is 3.28. The highest BCUT2D eigenvalue weighted by molar-refractivity contribution is 5.96. The predicted molar refractivity (Wildman–Crippen MR) is 101 cm³/mol. The van der Waals surface area contributed by atoms with E-state index in [0.29, 0.717) is 11.3 Å². The summed E-state index contributed by atoms with van der Waals surface area (Å²) in [7, 11) is 0. The topological polar surface area (TPSA) is 55.2 Å². The zero-order valence-electron chi connectivity index (χ0n) is 14.9. The molecular formula is C19H18F3N5O. The minimum absolute atomic E-state index is 0.283. The van der Waals surface area contributed by atoms with E-state index in [0.717, 1.165) is 42.9 Å². The van der Waals surface area contributed by atoms with Crippen LogP contribution in [0.2, 0.25) is 0 Å². The zero-order chi connectivity index (χ0) is 19.7. The van der Waals surface area contributed by atoms with Crippen LogP contribution in [0.4, 0.5) is 19.0 Å². The first-order valence-electron chi connectivity index (χ1n) is 8.78. The predicted octanol–water partition coefficient (Wildman–Crippen LogP) is 3.37. The molecule has 0 bridgehead atoms. The van der Waals surface area contributed by atoms with Gasteiger partial charge in [-0.15, -0.1) is 18.3 Å². The first-order valence-corrected chi connectivity index (χ1v) is 8.78. The maximum Gasteiger partial charge on any atom is 0.573 e. The van der Waals surface area contributed by atoms with Gasteiger partial charge in [-0.05, 0) is 35.9 Å². The number of ether oxygens (including phenoxy) is 1. The monoisotopic (exact) mass is 389 g/mol. The second kappa shape index (κ2) is 7.16. The summed E-state index contributed by atoms with van der Waals surface area (Å²) >= 11 is 0. The highest BCUT2D eigenvalue weighted by Crippen LogP contribution is 2.32. The van der Waals surface area contributed by atoms with Crippen LogP contribution in [0.5, 0.6) is 5.75 Å². The highest BCUT2D eigenvalue weighted by Gasteiger charge is 2.31. The Hall–Kier alpha value is -3.07. The molecule has 0 aliphatic carbocycles. The molecule has 0 amide bonds. The molecule has 3 heterocycles. The molecule has 4 rings (SSSR count). The molecule has 1 fully saturated rings. The lowest BCUT2D eigenvalue weighted by Crippen LogP contribution is -2.43. The van der Waals surface area contributed by atoms with Crippen LogP contribution in [-0.2, 0) is 0 Å². The van der Waals surface area contributed by atoms with Crippen molar-refractivity contribution in [3.8, 4) is 11.4 Å². The SMILES string of the molecule is C=Cc1ccnc2c1c(N1CCNCC1)nn2-c1ccc(OC(F)(F)F)cc1. The second-order valence-corrected chi connectivity index (χ2v) is 6.32. The molecule has 0 spiro atoms. The molecular weight excluding hydrogens is 371 g/mol. The summed E-state index contributed by atoms with van der Waals surface area (Å²) < 4.78 is 42.8. The van der Waals surface area contributed by atoms with Crippen LogP contribution in [0.3, 0.4) is 0 Å². The van der Waals surface area contributed by atoms with Gasteiger partial charge in [-0.3, -0.25) is 0 Å². The molecule has 1 aliphatic heterocycles. The molecule has 1 aromatic carbocycles. The molecule has 1 N–H and O–H groups in total. The van der Waals surface area contributed by atoms with Gasteiger partial charge < -0.3 is 15.0 Å². The number of hydrogen-bond donors (Lipinski definition) is 1. The molecule has 6 nitrogen and oxygen atoms in total. The number of nitrogens with zero attached hydrogens (tertiary/aromatic N) is 4. The fraction of sp³-hybridized carbons (Fsp3) is 0.263. The van der Waals surface area contributed by atoms with Gasteiger partial charge in [0.1, 0.15) is 5.75 Å². The lowest BCUT2D eigenvalue weighted by molar-refractivity contribution is -0.274. The molecule has 2 aromatic heterocycles. The minimum atomic E-state index is -4.73. The molecule has 1 saturated heterocycles. The molecule has 28 heavy (non-hydrogen) atoms. The van der Waals surface area contributed by atoms with E-state index in [4.69, 9.17) is 5.10 Å². The van der Waals surface area contributed by atoms with Crippen LogP contribution in [0.1, 0.15) is 5.56 Å². The number of aromatic nitrogens is 3. The van der Waals surface area contributed by atoms with Crippen LogP contribution < -0.4 is 15.0 Å². The average molecular weight is 389 g/mol. The standard InChI is InChI=1S/C19H18F3N5O/c1-2-13-7-8-24-17-16(13)18(26-11-9-23-10-12-26)25-27(17)14-3-5-15(6-4-14)28-19(20,21)22/h2-8,23H,1,9-12H2. The number of alkyl halides is 3. The van der Waals surface area contributed by atoms with Crippen LogP contribution in [0.15, 0.2) is 43.1 Å². The van der Waals surface area contributed by atoms with Gasteiger partial charge >= 0.3 is 6.36 Å². The van der Waals surface area contributed by atoms with Crippen molar-refractivity contribution >= 4 is 22.9 Å². The van der Waals surface area contributed by atoms with Crippen LogP contribution in [0, 0.1) is 0 Å². The Balaban J connectivity index is 1.80. The Kier molecular flexibility index (Phi) is 4.68. The lowest BCUT2D eigenvalue weighted by atomic mass is 10.1. The van der Waals surface area contributed by atoms with Gasteiger partial charge in [0, 0.05) is 32.4 Å². The van der Waals surface area contributed by atoms with E-state index in [1.54, 1.807) is 17.0 Å². The number of halogens is 3. The van der Waals surface area contributed by atoms with E-state index in [1.807, 2.05) is 6.07 Å². The van der Waals surface area contributed by atoms with E-state index in [9.17, 15) is 13.2 Å². The number of piperazine rings is 1. The summed E-state index contributed by atoms with van der Waals surface area (Å²) in [4.78, 5) is 6.63. The van der Waals surface area contributed by atoms with Gasteiger partial charge in [0.05, 0.1) is 11.1 Å². The smallest absolute Gasteiger partial charge is 0.406 e. The number of rotatable bonds is 4. The van der Waals surface area contributed by atoms with Crippen molar-refractivity contribution in [2.75, 3.05) is 31.1 Å². The Morgan fingerprint density at radius 3 is 2.46 bits per heavy atom. The van der Waals surface area contributed by atoms with Gasteiger partial charge in [-0.2, -0.15) is 0 Å². The molecule has 0 saturated carbocycles. The molecule has 0 atom stereocenters. The average Bonchev–Trinajstić information content (AvgIpc) is 3.08. The van der Waals surface area contributed by atoms with Crippen LogP contribution >= 0.6 is 0 Å². The van der Waals surface area contributed by atoms with Gasteiger partial charge in [-0.1, -0.05) is 12.7 Å². The Bertz CT molecular complexity index is 991. The molecule has 0 unspecified atom stereocenters. The summed E-state index contributed by atoms with van der Waals surface area (Å²) in [6.07, 6.45) is -1.31. The van der Waals surface area contributed by atoms with Crippen molar-refractivity contribution in [2.24, 2.45) is 0 Å². The van der Waals surface area contributed by atoms with Crippen LogP contribution in [-0.4, -0.2) is 47.3 Å². The maximum atomic E-state index is 12.4. The fourth-order valence-electron chi connectivity index (χ4n) is 3.28. The number of anilines is 1. The molecule has 3 aromatic rings. The van der Waals surface area contributed by atoms with E-state index in [1.165, 1.54) is 24.3 Å². The van der Waals surface area contributed by atoms with Crippen molar-refractivity contribution in [1.82, 2.24) is 20.1 Å². The van der Waals surface area contributed by atoms with Crippen LogP contribution in [0.25, 0.3) is 22.8 Å². The number of benzene rings is 1. The van der Waals surface area contributed by atoms with Crippen molar-refractivity contribution in [3.63, 3.8) is 0 Å². The van der Waals surface area contributed by atoms with Crippen molar-refractivity contribution < 1.29 is 17.9 Å². The molecule has 0 radical (unpaired) electrons. The molecule has 146 valence electrons. The highest BCUT2D eigenvalue weighted by atomic mass is 19.4. The summed E-state index contributed by atoms with van der Waals surface area (Å²) in [5, 5.41) is 8.91.